The Labute approximate surface area is 191 Å². The molecule has 170 valence electrons. The Bertz CT molecular complexity index is 1260. The highest BCUT2D eigenvalue weighted by Crippen LogP contribution is 2.40. The molecule has 1 saturated heterocycles. The van der Waals surface area contributed by atoms with Gasteiger partial charge in [-0.3, -0.25) is 9.10 Å². The Balaban J connectivity index is 1.72. The van der Waals surface area contributed by atoms with Crippen molar-refractivity contribution in [3.8, 4) is 0 Å². The third-order valence-corrected chi connectivity index (χ3v) is 8.86. The first-order chi connectivity index (χ1) is 15.1. The van der Waals surface area contributed by atoms with Crippen molar-refractivity contribution in [1.82, 2.24) is 10.0 Å². The Morgan fingerprint density at radius 2 is 1.78 bits per heavy atom. The zero-order chi connectivity index (χ0) is 23.1. The highest BCUT2D eigenvalue weighted by atomic mass is 32.2. The standard InChI is InChI=1S/C20H18F3N3O3S3/c1-12-15-4-2-3-5-16(15)30-18(12)26(11-10-20(21,22)23)32(28,29)14-8-6-13(7-9-14)17-24-19(27)31-25-17/h2-9,17,25H,10-11H2,1H3,(H,24,27). The molecule has 12 heteroatoms. The first-order valence-electron chi connectivity index (χ1n) is 9.47. The van der Waals surface area contributed by atoms with Gasteiger partial charge in [-0.05, 0) is 41.6 Å². The topological polar surface area (TPSA) is 78.5 Å². The van der Waals surface area contributed by atoms with Crippen LogP contribution < -0.4 is 14.3 Å². The van der Waals surface area contributed by atoms with E-state index in [4.69, 9.17) is 0 Å². The molecule has 2 heterocycles. The average Bonchev–Trinajstić information content (AvgIpc) is 3.31. The van der Waals surface area contributed by atoms with E-state index in [0.717, 1.165) is 37.7 Å². The molecule has 32 heavy (non-hydrogen) atoms. The number of amides is 1. The molecule has 3 aromatic rings. The van der Waals surface area contributed by atoms with E-state index in [9.17, 15) is 26.4 Å². The van der Waals surface area contributed by atoms with Gasteiger partial charge in [-0.2, -0.15) is 13.2 Å². The summed E-state index contributed by atoms with van der Waals surface area (Å²) >= 11 is 2.04. The van der Waals surface area contributed by atoms with Gasteiger partial charge in [0.25, 0.3) is 15.3 Å². The lowest BCUT2D eigenvalue weighted by Gasteiger charge is -2.24. The van der Waals surface area contributed by atoms with Crippen molar-refractivity contribution in [2.75, 3.05) is 10.8 Å². The zero-order valence-corrected chi connectivity index (χ0v) is 19.1. The summed E-state index contributed by atoms with van der Waals surface area (Å²) in [6, 6.07) is 12.9. The van der Waals surface area contributed by atoms with E-state index in [-0.39, 0.29) is 15.1 Å². The first kappa shape index (κ1) is 22.9. The molecular weight excluding hydrogens is 483 g/mol. The number of nitrogens with one attached hydrogen (secondary N) is 2. The molecule has 6 nitrogen and oxygen atoms in total. The van der Waals surface area contributed by atoms with Crippen molar-refractivity contribution in [3.63, 3.8) is 0 Å². The number of halogens is 3. The maximum atomic E-state index is 13.4. The van der Waals surface area contributed by atoms with E-state index < -0.39 is 35.3 Å². The third kappa shape index (κ3) is 4.58. The first-order valence-corrected chi connectivity index (χ1v) is 12.5. The van der Waals surface area contributed by atoms with E-state index in [2.05, 4.69) is 10.0 Å². The number of benzene rings is 2. The molecular formula is C20H18F3N3O3S3. The van der Waals surface area contributed by atoms with Gasteiger partial charge in [0, 0.05) is 23.2 Å². The van der Waals surface area contributed by atoms with Crippen LogP contribution in [0.5, 0.6) is 0 Å². The highest BCUT2D eigenvalue weighted by molar-refractivity contribution is 8.12. The average molecular weight is 502 g/mol. The van der Waals surface area contributed by atoms with Crippen LogP contribution in [0.15, 0.2) is 53.4 Å². The molecule has 1 unspecified atom stereocenters. The molecule has 4 rings (SSSR count). The quantitative estimate of drug-likeness (QED) is 0.447. The number of rotatable bonds is 6. The SMILES string of the molecule is Cc1c(N(CCC(F)(F)F)S(=O)(=O)c2ccc(C3NSC(=O)N3)cc2)sc2ccccc12. The van der Waals surface area contributed by atoms with Crippen molar-refractivity contribution < 1.29 is 26.4 Å². The van der Waals surface area contributed by atoms with Gasteiger partial charge in [0.15, 0.2) is 0 Å². The van der Waals surface area contributed by atoms with Crippen LogP contribution in [-0.2, 0) is 10.0 Å². The maximum Gasteiger partial charge on any atom is 0.390 e. The van der Waals surface area contributed by atoms with Crippen molar-refractivity contribution in [1.29, 1.82) is 0 Å². The normalized spacial score (nSPS) is 17.0. The molecule has 1 fully saturated rings. The van der Waals surface area contributed by atoms with E-state index in [0.29, 0.717) is 11.1 Å². The highest BCUT2D eigenvalue weighted by Gasteiger charge is 2.34. The molecule has 0 radical (unpaired) electrons. The summed E-state index contributed by atoms with van der Waals surface area (Å²) < 4.78 is 70.5. The van der Waals surface area contributed by atoms with Gasteiger partial charge < -0.3 is 5.32 Å². The molecule has 0 aliphatic carbocycles. The fourth-order valence-corrected chi connectivity index (χ4v) is 6.92. The fourth-order valence-electron chi connectivity index (χ4n) is 3.36. The number of nitrogens with zero attached hydrogens (tertiary/aromatic N) is 1. The summed E-state index contributed by atoms with van der Waals surface area (Å²) in [4.78, 5) is 11.2. The molecule has 0 saturated carbocycles. The smallest absolute Gasteiger partial charge is 0.326 e. The van der Waals surface area contributed by atoms with E-state index in [1.54, 1.807) is 25.1 Å². The lowest BCUT2D eigenvalue weighted by Crippen LogP contribution is -2.34. The minimum absolute atomic E-state index is 0.128. The number of sulfonamides is 1. The predicted molar refractivity (Wildman–Crippen MR) is 120 cm³/mol. The lowest BCUT2D eigenvalue weighted by atomic mass is 10.2. The largest absolute Gasteiger partial charge is 0.390 e. The third-order valence-electron chi connectivity index (χ3n) is 4.98. The Morgan fingerprint density at radius 1 is 1.09 bits per heavy atom. The van der Waals surface area contributed by atoms with Crippen LogP contribution in [0, 0.1) is 6.92 Å². The van der Waals surface area contributed by atoms with Crippen molar-refractivity contribution in [2.45, 2.75) is 30.6 Å². The van der Waals surface area contributed by atoms with E-state index in [1.165, 1.54) is 24.3 Å². The van der Waals surface area contributed by atoms with Gasteiger partial charge in [0.05, 0.1) is 11.3 Å². The molecule has 2 N–H and O–H groups in total. The molecule has 1 aliphatic heterocycles. The Kier molecular flexibility index (Phi) is 6.14. The molecule has 1 atom stereocenters. The van der Waals surface area contributed by atoms with Gasteiger partial charge in [-0.25, -0.2) is 13.1 Å². The maximum absolute atomic E-state index is 13.4. The van der Waals surface area contributed by atoms with Crippen LogP contribution in [0.4, 0.5) is 23.0 Å². The van der Waals surface area contributed by atoms with Crippen LogP contribution in [0.1, 0.15) is 23.7 Å². The molecule has 0 bridgehead atoms. The molecule has 1 aromatic heterocycles. The summed E-state index contributed by atoms with van der Waals surface area (Å²) in [5.41, 5.74) is 1.24. The summed E-state index contributed by atoms with van der Waals surface area (Å²) in [5, 5.41) is 3.47. The number of carbonyl (C=O) groups is 1. The van der Waals surface area contributed by atoms with Gasteiger partial charge in [0.1, 0.15) is 11.2 Å². The Hall–Kier alpha value is -2.28. The van der Waals surface area contributed by atoms with Gasteiger partial charge in [0.2, 0.25) is 0 Å². The van der Waals surface area contributed by atoms with Crippen LogP contribution >= 0.6 is 23.3 Å². The van der Waals surface area contributed by atoms with Crippen molar-refractivity contribution in [3.05, 3.63) is 59.7 Å². The predicted octanol–water partition coefficient (Wildman–Crippen LogP) is 5.32. The molecule has 1 amide bonds. The van der Waals surface area contributed by atoms with Crippen LogP contribution in [0.3, 0.4) is 0 Å². The van der Waals surface area contributed by atoms with Gasteiger partial charge >= 0.3 is 6.18 Å². The monoisotopic (exact) mass is 501 g/mol. The second kappa shape index (κ2) is 8.58. The molecule has 1 aliphatic rings. The second-order valence-electron chi connectivity index (χ2n) is 7.12. The Morgan fingerprint density at radius 3 is 2.38 bits per heavy atom. The van der Waals surface area contributed by atoms with E-state index in [1.807, 2.05) is 6.07 Å². The molecule has 0 spiro atoms. The molecule has 2 aromatic carbocycles. The number of hydrogen-bond donors (Lipinski definition) is 2. The van der Waals surface area contributed by atoms with Gasteiger partial charge in [-0.1, -0.05) is 30.3 Å². The number of aryl methyl sites for hydroxylation is 1. The minimum Gasteiger partial charge on any atom is -0.326 e. The number of hydrogen-bond acceptors (Lipinski definition) is 6. The summed E-state index contributed by atoms with van der Waals surface area (Å²) in [7, 11) is -4.27. The number of alkyl halides is 3. The number of anilines is 1. The summed E-state index contributed by atoms with van der Waals surface area (Å²) in [6.45, 7) is 0.984. The van der Waals surface area contributed by atoms with Crippen LogP contribution in [0.2, 0.25) is 0 Å². The minimum atomic E-state index is -4.51. The summed E-state index contributed by atoms with van der Waals surface area (Å²) in [5.74, 6) is 0. The number of thiophene rings is 1. The van der Waals surface area contributed by atoms with Crippen molar-refractivity contribution >= 4 is 53.6 Å². The zero-order valence-electron chi connectivity index (χ0n) is 16.6. The van der Waals surface area contributed by atoms with Crippen LogP contribution in [0.25, 0.3) is 10.1 Å². The summed E-state index contributed by atoms with van der Waals surface area (Å²) in [6.07, 6.45) is -6.25. The fraction of sp³-hybridized carbons (Fsp3) is 0.250. The lowest BCUT2D eigenvalue weighted by molar-refractivity contribution is -0.131. The number of carbonyl (C=O) groups excluding carboxylic acids is 1. The number of fused-ring (bicyclic) bond motifs is 1. The second-order valence-corrected chi connectivity index (χ2v) is 10.8. The van der Waals surface area contributed by atoms with Gasteiger partial charge in [-0.15, -0.1) is 11.3 Å². The van der Waals surface area contributed by atoms with E-state index >= 15 is 0 Å². The van der Waals surface area contributed by atoms with Crippen molar-refractivity contribution in [2.24, 2.45) is 0 Å². The van der Waals surface area contributed by atoms with Crippen LogP contribution in [-0.4, -0.2) is 26.4 Å².